The van der Waals surface area contributed by atoms with Gasteiger partial charge in [0.05, 0.1) is 25.2 Å². The van der Waals surface area contributed by atoms with Crippen LogP contribution in [0.1, 0.15) is 23.2 Å². The molecule has 0 bridgehead atoms. The van der Waals surface area contributed by atoms with Crippen molar-refractivity contribution in [3.63, 3.8) is 0 Å². The van der Waals surface area contributed by atoms with Crippen molar-refractivity contribution in [3.8, 4) is 17.0 Å². The predicted molar refractivity (Wildman–Crippen MR) is 162 cm³/mol. The Labute approximate surface area is 258 Å². The van der Waals surface area contributed by atoms with Gasteiger partial charge in [-0.05, 0) is 117 Å². The first-order valence-corrected chi connectivity index (χ1v) is 15.0. The highest BCUT2D eigenvalue weighted by molar-refractivity contribution is 14.1. The number of methoxy groups -OCH3 is 1. The van der Waals surface area contributed by atoms with Gasteiger partial charge >= 0.3 is 0 Å². The molecule has 5 aromatic rings. The van der Waals surface area contributed by atoms with E-state index in [9.17, 15) is 4.79 Å². The van der Waals surface area contributed by atoms with Crippen LogP contribution in [0.2, 0.25) is 0 Å². The van der Waals surface area contributed by atoms with Crippen molar-refractivity contribution in [1.82, 2.24) is 34.1 Å². The van der Waals surface area contributed by atoms with Crippen LogP contribution < -0.4 is 10.1 Å². The Morgan fingerprint density at radius 2 is 1.62 bits per heavy atom. The number of nitrogens with one attached hydrogen (secondary N) is 1. The Bertz CT molecular complexity index is 1650. The molecule has 4 heterocycles. The summed E-state index contributed by atoms with van der Waals surface area (Å²) in [5.74, 6) is 0.550. The van der Waals surface area contributed by atoms with E-state index in [1.54, 1.807) is 31.6 Å². The Balaban J connectivity index is 0.000000195. The van der Waals surface area contributed by atoms with E-state index in [4.69, 9.17) is 4.74 Å². The molecule has 9 nitrogen and oxygen atoms in total. The lowest BCUT2D eigenvalue weighted by molar-refractivity contribution is 0.0950. The lowest BCUT2D eigenvalue weighted by atomic mass is 10.1. The van der Waals surface area contributed by atoms with Gasteiger partial charge in [0, 0.05) is 29.6 Å². The number of rotatable bonds is 4. The van der Waals surface area contributed by atoms with Crippen LogP contribution in [-0.2, 0) is 0 Å². The number of amides is 1. The van der Waals surface area contributed by atoms with E-state index >= 15 is 0 Å². The average molecular weight is 869 g/mol. The van der Waals surface area contributed by atoms with Gasteiger partial charge in [0.15, 0.2) is 20.5 Å². The minimum Gasteiger partial charge on any atom is -0.496 e. The van der Waals surface area contributed by atoms with Crippen molar-refractivity contribution < 1.29 is 9.53 Å². The topological polar surface area (TPSA) is 98.7 Å². The molecule has 190 valence electrons. The van der Waals surface area contributed by atoms with Crippen molar-refractivity contribution >= 4 is 104 Å². The van der Waals surface area contributed by atoms with E-state index in [1.165, 1.54) is 0 Å². The van der Waals surface area contributed by atoms with Crippen LogP contribution in [0.4, 0.5) is 0 Å². The zero-order chi connectivity index (χ0) is 26.3. The fraction of sp³-hybridized carbons (Fsp3) is 0.174. The number of halogens is 5. The molecule has 0 saturated heterocycles. The number of hydrogen-bond acceptors (Lipinski definition) is 6. The molecule has 0 radical (unpaired) electrons. The Morgan fingerprint density at radius 3 is 2.27 bits per heavy atom. The molecular weight excluding hydrogens is 853 g/mol. The van der Waals surface area contributed by atoms with Crippen LogP contribution in [0, 0.1) is 3.70 Å². The van der Waals surface area contributed by atoms with Gasteiger partial charge in [-0.15, -0.1) is 0 Å². The number of fused-ring (bicyclic) bond motifs is 2. The predicted octanol–water partition coefficient (Wildman–Crippen LogP) is 6.68. The van der Waals surface area contributed by atoms with Crippen molar-refractivity contribution in [2.75, 3.05) is 7.11 Å². The normalized spacial score (nSPS) is 12.9. The third-order valence-corrected chi connectivity index (χ3v) is 8.08. The molecule has 0 aliphatic heterocycles. The third kappa shape index (κ3) is 5.87. The van der Waals surface area contributed by atoms with Gasteiger partial charge in [-0.2, -0.15) is 0 Å². The summed E-state index contributed by atoms with van der Waals surface area (Å²) in [6, 6.07) is 5.77. The summed E-state index contributed by atoms with van der Waals surface area (Å²) in [7, 11) is 1.60. The quantitative estimate of drug-likeness (QED) is 0.203. The summed E-state index contributed by atoms with van der Waals surface area (Å²) in [6.07, 6.45) is 9.40. The van der Waals surface area contributed by atoms with Gasteiger partial charge in [0.2, 0.25) is 0 Å². The summed E-state index contributed by atoms with van der Waals surface area (Å²) in [6.45, 7) is 0. The van der Waals surface area contributed by atoms with Crippen molar-refractivity contribution in [2.24, 2.45) is 0 Å². The van der Waals surface area contributed by atoms with Gasteiger partial charge in [-0.25, -0.2) is 19.9 Å². The number of carbonyl (C=O) groups excluding carboxylic acids is 1. The Morgan fingerprint density at radius 1 is 1.00 bits per heavy atom. The zero-order valence-electron chi connectivity index (χ0n) is 18.9. The Hall–Kier alpha value is -1.62. The Kier molecular flexibility index (Phi) is 8.19. The smallest absolute Gasteiger partial charge is 0.251 e. The van der Waals surface area contributed by atoms with E-state index in [1.807, 2.05) is 27.3 Å². The molecule has 0 atom stereocenters. The standard InChI is InChI=1S/C17H14Br2N4O2.C6H2Br2IN3/c1-25-13-6-9(17(24)21-10-3-4-10)2-5-11(13)12-7-20-16-15(19)22-14(18)8-23(12)16;7-3-2-12-4(9)1-10-6(12)5(8)11-3/h2,5-8,10H,3-4H2,1H3,(H,21,24);1-2H. The molecule has 1 aromatic carbocycles. The van der Waals surface area contributed by atoms with Crippen LogP contribution in [0.3, 0.4) is 0 Å². The monoisotopic (exact) mass is 865 g/mol. The minimum atomic E-state index is -0.0693. The number of benzene rings is 1. The highest BCUT2D eigenvalue weighted by Gasteiger charge is 2.24. The molecule has 0 spiro atoms. The van der Waals surface area contributed by atoms with Gasteiger partial charge in [-0.1, -0.05) is 0 Å². The average Bonchev–Trinajstić information content (AvgIpc) is 3.45. The molecule has 1 aliphatic rings. The van der Waals surface area contributed by atoms with Gasteiger partial charge < -0.3 is 10.1 Å². The largest absolute Gasteiger partial charge is 0.496 e. The summed E-state index contributed by atoms with van der Waals surface area (Å²) >= 11 is 15.7. The molecule has 14 heteroatoms. The summed E-state index contributed by atoms with van der Waals surface area (Å²) in [5, 5.41) is 2.99. The fourth-order valence-electron chi connectivity index (χ4n) is 3.56. The maximum absolute atomic E-state index is 12.3. The number of nitrogens with zero attached hydrogens (tertiary/aromatic N) is 6. The number of imidazole rings is 2. The number of hydrogen-bond donors (Lipinski definition) is 1. The van der Waals surface area contributed by atoms with E-state index in [0.717, 1.165) is 42.7 Å². The van der Waals surface area contributed by atoms with Crippen molar-refractivity contribution in [1.29, 1.82) is 0 Å². The highest BCUT2D eigenvalue weighted by atomic mass is 127. The van der Waals surface area contributed by atoms with Gasteiger partial charge in [-0.3, -0.25) is 13.6 Å². The second-order valence-corrected chi connectivity index (χ2v) is 12.2. The second kappa shape index (κ2) is 11.2. The summed E-state index contributed by atoms with van der Waals surface area (Å²) in [4.78, 5) is 29.3. The maximum Gasteiger partial charge on any atom is 0.251 e. The first-order valence-electron chi connectivity index (χ1n) is 10.8. The summed E-state index contributed by atoms with van der Waals surface area (Å²) in [5.41, 5.74) is 3.83. The van der Waals surface area contributed by atoms with E-state index < -0.39 is 0 Å². The molecular formula is C23H16Br4IN7O2. The van der Waals surface area contributed by atoms with Gasteiger partial charge in [0.1, 0.15) is 18.7 Å². The highest BCUT2D eigenvalue weighted by Crippen LogP contribution is 2.33. The van der Waals surface area contributed by atoms with Crippen LogP contribution >= 0.6 is 86.3 Å². The van der Waals surface area contributed by atoms with E-state index in [2.05, 4.69) is 112 Å². The zero-order valence-corrected chi connectivity index (χ0v) is 27.4. The van der Waals surface area contributed by atoms with Gasteiger partial charge in [0.25, 0.3) is 5.91 Å². The SMILES string of the molecule is Brc1cn2c(I)cnc2c(Br)n1.COc1cc(C(=O)NC2CC2)ccc1-c1cnc2c(Br)nc(Br)cn12. The van der Waals surface area contributed by atoms with Crippen molar-refractivity contribution in [3.05, 3.63) is 70.7 Å². The summed E-state index contributed by atoms with van der Waals surface area (Å²) < 4.78 is 13.3. The molecule has 1 amide bonds. The molecule has 6 rings (SSSR count). The minimum absolute atomic E-state index is 0.0693. The lowest BCUT2D eigenvalue weighted by Gasteiger charge is -2.11. The fourth-order valence-corrected chi connectivity index (χ4v) is 6.27. The van der Waals surface area contributed by atoms with Crippen LogP contribution in [0.5, 0.6) is 5.75 Å². The van der Waals surface area contributed by atoms with Crippen LogP contribution in [0.15, 0.2) is 61.4 Å². The first-order chi connectivity index (χ1) is 17.7. The molecule has 1 N–H and O–H groups in total. The number of carbonyl (C=O) groups is 1. The molecule has 0 unspecified atom stereocenters. The third-order valence-electron chi connectivity index (χ3n) is 5.45. The lowest BCUT2D eigenvalue weighted by Crippen LogP contribution is -2.25. The molecule has 1 saturated carbocycles. The van der Waals surface area contributed by atoms with Crippen LogP contribution in [0.25, 0.3) is 22.6 Å². The van der Waals surface area contributed by atoms with E-state index in [-0.39, 0.29) is 5.91 Å². The van der Waals surface area contributed by atoms with Crippen molar-refractivity contribution in [2.45, 2.75) is 18.9 Å². The van der Waals surface area contributed by atoms with E-state index in [0.29, 0.717) is 32.2 Å². The van der Waals surface area contributed by atoms with Crippen LogP contribution in [-0.4, -0.2) is 47.8 Å². The molecule has 1 fully saturated rings. The maximum atomic E-state index is 12.3. The second-order valence-electron chi connectivity index (χ2n) is 7.98. The molecule has 4 aromatic heterocycles. The number of aromatic nitrogens is 6. The number of ether oxygens (including phenoxy) is 1. The molecule has 1 aliphatic carbocycles. The molecule has 37 heavy (non-hydrogen) atoms. The first kappa shape index (κ1) is 27.0.